The molecule has 0 unspecified atom stereocenters. The van der Waals surface area contributed by atoms with E-state index in [1.165, 1.54) is 4.90 Å². The number of nitrogens with one attached hydrogen (secondary N) is 1. The smallest absolute Gasteiger partial charge is 0.409 e. The van der Waals surface area contributed by atoms with Crippen LogP contribution in [0.4, 0.5) is 10.5 Å². The van der Waals surface area contributed by atoms with Crippen LogP contribution in [0.3, 0.4) is 0 Å². The van der Waals surface area contributed by atoms with E-state index < -0.39 is 0 Å². The van der Waals surface area contributed by atoms with E-state index in [9.17, 15) is 14.4 Å². The van der Waals surface area contributed by atoms with Crippen LogP contribution in [-0.2, 0) is 14.3 Å². The van der Waals surface area contributed by atoms with Crippen LogP contribution in [0.15, 0.2) is 18.2 Å². The van der Waals surface area contributed by atoms with Gasteiger partial charge in [-0.05, 0) is 37.3 Å². The maximum atomic E-state index is 12.6. The molecule has 31 heavy (non-hydrogen) atoms. The average molecular weight is 433 g/mol. The number of nitrogens with zero attached hydrogens (tertiary/aromatic N) is 3. The van der Waals surface area contributed by atoms with Crippen molar-refractivity contribution < 1.29 is 19.1 Å². The summed E-state index contributed by atoms with van der Waals surface area (Å²) in [5.41, 5.74) is 2.78. The molecule has 8 nitrogen and oxygen atoms in total. The Balaban J connectivity index is 1.80. The van der Waals surface area contributed by atoms with Crippen LogP contribution in [0.1, 0.15) is 31.4 Å². The van der Waals surface area contributed by atoms with E-state index in [1.54, 1.807) is 11.9 Å². The molecule has 1 aliphatic rings. The summed E-state index contributed by atoms with van der Waals surface area (Å²) >= 11 is 0. The molecule has 0 atom stereocenters. The highest BCUT2D eigenvalue weighted by Gasteiger charge is 2.23. The Kier molecular flexibility index (Phi) is 9.30. The number of rotatable bonds is 7. The molecule has 1 aromatic carbocycles. The van der Waals surface area contributed by atoms with Gasteiger partial charge in [-0.1, -0.05) is 32.0 Å². The normalized spacial score (nSPS) is 14.8. The van der Waals surface area contributed by atoms with Crippen LogP contribution in [-0.4, -0.2) is 85.5 Å². The molecule has 0 saturated carbocycles. The zero-order chi connectivity index (χ0) is 23.0. The van der Waals surface area contributed by atoms with Crippen LogP contribution in [0.2, 0.25) is 0 Å². The lowest BCUT2D eigenvalue weighted by atomic mass is 10.1. The van der Waals surface area contributed by atoms with Gasteiger partial charge in [-0.15, -0.1) is 0 Å². The number of carbonyl (C=O) groups is 3. The molecule has 0 bridgehead atoms. The van der Waals surface area contributed by atoms with Gasteiger partial charge in [-0.2, -0.15) is 0 Å². The van der Waals surface area contributed by atoms with E-state index in [1.807, 2.05) is 50.8 Å². The van der Waals surface area contributed by atoms with Gasteiger partial charge in [0, 0.05) is 38.9 Å². The second-order valence-electron chi connectivity index (χ2n) is 8.65. The van der Waals surface area contributed by atoms with Gasteiger partial charge in [-0.25, -0.2) is 4.79 Å². The highest BCUT2D eigenvalue weighted by atomic mass is 16.6. The number of benzene rings is 1. The monoisotopic (exact) mass is 432 g/mol. The van der Waals surface area contributed by atoms with E-state index in [0.29, 0.717) is 32.2 Å². The Hall–Kier alpha value is -2.61. The van der Waals surface area contributed by atoms with E-state index in [4.69, 9.17) is 4.74 Å². The molecule has 1 fully saturated rings. The maximum Gasteiger partial charge on any atom is 0.409 e. The summed E-state index contributed by atoms with van der Waals surface area (Å²) in [7, 11) is 1.64. The van der Waals surface area contributed by atoms with Crippen LogP contribution in [0.25, 0.3) is 0 Å². The molecule has 0 aromatic heterocycles. The molecule has 8 heteroatoms. The molecule has 1 saturated heterocycles. The van der Waals surface area contributed by atoms with Gasteiger partial charge < -0.3 is 19.9 Å². The first-order valence-corrected chi connectivity index (χ1v) is 10.9. The Morgan fingerprint density at radius 3 is 2.42 bits per heavy atom. The van der Waals surface area contributed by atoms with Crippen molar-refractivity contribution in [1.29, 1.82) is 0 Å². The highest BCUT2D eigenvalue weighted by molar-refractivity contribution is 5.95. The van der Waals surface area contributed by atoms with Crippen molar-refractivity contribution in [3.05, 3.63) is 29.3 Å². The summed E-state index contributed by atoms with van der Waals surface area (Å²) in [5, 5.41) is 2.91. The first-order chi connectivity index (χ1) is 14.7. The van der Waals surface area contributed by atoms with Crippen molar-refractivity contribution in [2.24, 2.45) is 5.92 Å². The number of amides is 3. The second-order valence-corrected chi connectivity index (χ2v) is 8.65. The molecular weight excluding hydrogens is 396 g/mol. The van der Waals surface area contributed by atoms with Gasteiger partial charge in [0.2, 0.25) is 11.8 Å². The molecule has 1 aliphatic heterocycles. The Bertz CT molecular complexity index is 761. The standard InChI is InChI=1S/C23H36N4O4/c1-17(2)16-31-23(30)27-11-7-10-26(12-13-27)15-21(29)25(5)14-20(28)24-22-18(3)8-6-9-19(22)4/h6,8-9,17H,7,10-16H2,1-5H3,(H,24,28). The van der Waals surface area contributed by atoms with Crippen molar-refractivity contribution in [3.8, 4) is 0 Å². The van der Waals surface area contributed by atoms with Crippen LogP contribution in [0, 0.1) is 19.8 Å². The van der Waals surface area contributed by atoms with Gasteiger partial charge in [0.15, 0.2) is 0 Å². The maximum absolute atomic E-state index is 12.6. The fourth-order valence-corrected chi connectivity index (χ4v) is 3.45. The molecule has 0 aliphatic carbocycles. The number of anilines is 1. The minimum absolute atomic E-state index is 0.00585. The van der Waals surface area contributed by atoms with E-state index in [2.05, 4.69) is 5.32 Å². The number of likely N-dealkylation sites (N-methyl/N-ethyl adjacent to an activating group) is 1. The van der Waals surface area contributed by atoms with Crippen LogP contribution in [0.5, 0.6) is 0 Å². The minimum Gasteiger partial charge on any atom is -0.449 e. The zero-order valence-corrected chi connectivity index (χ0v) is 19.4. The molecule has 3 amide bonds. The van der Waals surface area contributed by atoms with Crippen molar-refractivity contribution >= 4 is 23.6 Å². The molecule has 172 valence electrons. The third-order valence-electron chi connectivity index (χ3n) is 5.30. The second kappa shape index (κ2) is 11.7. The SMILES string of the molecule is Cc1cccc(C)c1NC(=O)CN(C)C(=O)CN1CCCN(C(=O)OCC(C)C)CC1. The molecule has 1 aromatic rings. The van der Waals surface area contributed by atoms with Crippen LogP contribution < -0.4 is 5.32 Å². The number of carbonyl (C=O) groups excluding carboxylic acids is 3. The van der Waals surface area contributed by atoms with Crippen molar-refractivity contribution in [2.45, 2.75) is 34.1 Å². The highest BCUT2D eigenvalue weighted by Crippen LogP contribution is 2.19. The Labute approximate surface area is 185 Å². The van der Waals surface area contributed by atoms with Crippen molar-refractivity contribution in [2.75, 3.05) is 58.2 Å². The lowest BCUT2D eigenvalue weighted by Crippen LogP contribution is -2.43. The molecule has 2 rings (SSSR count). The van der Waals surface area contributed by atoms with E-state index >= 15 is 0 Å². The average Bonchev–Trinajstić information content (AvgIpc) is 2.94. The minimum atomic E-state index is -0.290. The Morgan fingerprint density at radius 1 is 1.10 bits per heavy atom. The van der Waals surface area contributed by atoms with E-state index in [0.717, 1.165) is 29.8 Å². The van der Waals surface area contributed by atoms with Gasteiger partial charge in [0.05, 0.1) is 19.7 Å². The number of ether oxygens (including phenoxy) is 1. The van der Waals surface area contributed by atoms with E-state index in [-0.39, 0.29) is 31.0 Å². The Morgan fingerprint density at radius 2 is 1.77 bits per heavy atom. The molecule has 0 spiro atoms. The van der Waals surface area contributed by atoms with Gasteiger partial charge in [-0.3, -0.25) is 14.5 Å². The fraction of sp³-hybridized carbons (Fsp3) is 0.609. The number of hydrogen-bond donors (Lipinski definition) is 1. The number of hydrogen-bond acceptors (Lipinski definition) is 5. The summed E-state index contributed by atoms with van der Waals surface area (Å²) in [5.74, 6) is -0.0387. The predicted molar refractivity (Wildman–Crippen MR) is 121 cm³/mol. The lowest BCUT2D eigenvalue weighted by molar-refractivity contribution is -0.134. The number of aryl methyl sites for hydroxylation is 2. The predicted octanol–water partition coefficient (Wildman–Crippen LogP) is 2.50. The quantitative estimate of drug-likeness (QED) is 0.716. The third kappa shape index (κ3) is 7.86. The summed E-state index contributed by atoms with van der Waals surface area (Å²) in [4.78, 5) is 42.4. The van der Waals surface area contributed by atoms with Gasteiger partial charge in [0.25, 0.3) is 0 Å². The van der Waals surface area contributed by atoms with Gasteiger partial charge in [0.1, 0.15) is 0 Å². The van der Waals surface area contributed by atoms with Crippen molar-refractivity contribution in [3.63, 3.8) is 0 Å². The third-order valence-corrected chi connectivity index (χ3v) is 5.30. The molecule has 1 heterocycles. The fourth-order valence-electron chi connectivity index (χ4n) is 3.45. The summed E-state index contributed by atoms with van der Waals surface area (Å²) in [6, 6.07) is 5.83. The first kappa shape index (κ1) is 24.7. The van der Waals surface area contributed by atoms with Crippen molar-refractivity contribution in [1.82, 2.24) is 14.7 Å². The molecule has 1 N–H and O–H groups in total. The summed E-state index contributed by atoms with van der Waals surface area (Å²) < 4.78 is 5.31. The first-order valence-electron chi connectivity index (χ1n) is 10.9. The van der Waals surface area contributed by atoms with Gasteiger partial charge >= 0.3 is 6.09 Å². The lowest BCUT2D eigenvalue weighted by Gasteiger charge is -2.24. The molecular formula is C23H36N4O4. The topological polar surface area (TPSA) is 82.2 Å². The summed E-state index contributed by atoms with van der Waals surface area (Å²) in [6.07, 6.45) is 0.489. The largest absolute Gasteiger partial charge is 0.449 e. The van der Waals surface area contributed by atoms with Crippen LogP contribution >= 0.6 is 0 Å². The number of para-hydroxylation sites is 1. The summed E-state index contributed by atoms with van der Waals surface area (Å²) in [6.45, 7) is 11.0. The molecule has 0 radical (unpaired) electrons. The zero-order valence-electron chi connectivity index (χ0n) is 19.4.